The van der Waals surface area contributed by atoms with Gasteiger partial charge in [-0.15, -0.1) is 0 Å². The van der Waals surface area contributed by atoms with Crippen LogP contribution in [-0.4, -0.2) is 49.3 Å². The van der Waals surface area contributed by atoms with Gasteiger partial charge in [0.1, 0.15) is 5.82 Å². The number of benzene rings is 2. The third-order valence-electron chi connectivity index (χ3n) is 3.90. The second kappa shape index (κ2) is 7.45. The van der Waals surface area contributed by atoms with Crippen molar-refractivity contribution in [1.82, 2.24) is 4.31 Å². The van der Waals surface area contributed by atoms with Gasteiger partial charge in [-0.25, -0.2) is 25.5 Å². The number of sulfonamides is 2. The normalized spacial score (nSPS) is 12.3. The zero-order chi connectivity index (χ0) is 20.6. The molecule has 10 heteroatoms. The van der Waals surface area contributed by atoms with Gasteiger partial charge >= 0.3 is 0 Å². The molecule has 0 unspecified atom stereocenters. The summed E-state index contributed by atoms with van der Waals surface area (Å²) in [6.07, 6.45) is 0. The van der Waals surface area contributed by atoms with Crippen molar-refractivity contribution in [2.24, 2.45) is 0 Å². The lowest BCUT2D eigenvalue weighted by molar-refractivity contribution is 0.520. The quantitative estimate of drug-likeness (QED) is 0.782. The Bertz CT molecular complexity index is 1070. The molecule has 0 fully saturated rings. The summed E-state index contributed by atoms with van der Waals surface area (Å²) in [5, 5.41) is 0. The molecule has 7 nitrogen and oxygen atoms in total. The third-order valence-corrected chi connectivity index (χ3v) is 7.24. The van der Waals surface area contributed by atoms with Gasteiger partial charge in [-0.3, -0.25) is 4.72 Å². The van der Waals surface area contributed by atoms with Crippen molar-refractivity contribution in [3.05, 3.63) is 47.8 Å². The van der Waals surface area contributed by atoms with Crippen molar-refractivity contribution in [2.75, 3.05) is 37.8 Å². The van der Waals surface area contributed by atoms with Crippen LogP contribution in [0, 0.1) is 12.7 Å². The van der Waals surface area contributed by atoms with Gasteiger partial charge in [0.05, 0.1) is 21.2 Å². The monoisotopic (exact) mass is 415 g/mol. The molecule has 0 bridgehead atoms. The van der Waals surface area contributed by atoms with Gasteiger partial charge in [0.2, 0.25) is 10.0 Å². The zero-order valence-corrected chi connectivity index (χ0v) is 17.3. The molecule has 0 saturated heterocycles. The summed E-state index contributed by atoms with van der Waals surface area (Å²) in [5.41, 5.74) is 0.827. The van der Waals surface area contributed by atoms with Crippen molar-refractivity contribution >= 4 is 31.4 Å². The van der Waals surface area contributed by atoms with Crippen molar-refractivity contribution in [3.63, 3.8) is 0 Å². The number of rotatable bonds is 6. The Morgan fingerprint density at radius 2 is 1.56 bits per heavy atom. The van der Waals surface area contributed by atoms with E-state index in [0.29, 0.717) is 5.69 Å². The van der Waals surface area contributed by atoms with Crippen LogP contribution >= 0.6 is 0 Å². The molecule has 0 aliphatic rings. The standard InChI is InChI=1S/C17H22FN3O4S2/c1-12-10-13(18)6-9-17(12)26(22,23)19-15-11-14(27(24,25)21(4)5)7-8-16(15)20(2)3/h6-11,19H,1-5H3. The SMILES string of the molecule is Cc1cc(F)ccc1S(=O)(=O)Nc1cc(S(=O)(=O)N(C)C)ccc1N(C)C. The average Bonchev–Trinajstić information content (AvgIpc) is 2.53. The summed E-state index contributed by atoms with van der Waals surface area (Å²) in [6, 6.07) is 7.54. The molecule has 0 radical (unpaired) electrons. The van der Waals surface area contributed by atoms with E-state index in [-0.39, 0.29) is 21.0 Å². The molecule has 148 valence electrons. The van der Waals surface area contributed by atoms with Crippen molar-refractivity contribution < 1.29 is 21.2 Å². The number of halogens is 1. The molecule has 2 aromatic carbocycles. The Labute approximate surface area is 159 Å². The molecule has 27 heavy (non-hydrogen) atoms. The van der Waals surface area contributed by atoms with E-state index in [1.54, 1.807) is 19.0 Å². The van der Waals surface area contributed by atoms with Crippen LogP contribution in [-0.2, 0) is 20.0 Å². The number of nitrogens with zero attached hydrogens (tertiary/aromatic N) is 2. The van der Waals surface area contributed by atoms with Gasteiger partial charge in [0, 0.05) is 28.2 Å². The molecular formula is C17H22FN3O4S2. The van der Waals surface area contributed by atoms with E-state index >= 15 is 0 Å². The summed E-state index contributed by atoms with van der Waals surface area (Å²) in [7, 11) is -1.61. The minimum atomic E-state index is -4.05. The number of anilines is 2. The second-order valence-electron chi connectivity index (χ2n) is 6.38. The van der Waals surface area contributed by atoms with Crippen LogP contribution < -0.4 is 9.62 Å². The highest BCUT2D eigenvalue weighted by Crippen LogP contribution is 2.31. The van der Waals surface area contributed by atoms with Crippen molar-refractivity contribution in [3.8, 4) is 0 Å². The number of hydrogen-bond acceptors (Lipinski definition) is 5. The summed E-state index contributed by atoms with van der Waals surface area (Å²) in [4.78, 5) is 1.52. The topological polar surface area (TPSA) is 86.8 Å². The van der Waals surface area contributed by atoms with Gasteiger partial charge in [-0.2, -0.15) is 0 Å². The third kappa shape index (κ3) is 4.40. The number of nitrogens with one attached hydrogen (secondary N) is 1. The molecular weight excluding hydrogens is 393 g/mol. The van der Waals surface area contributed by atoms with Crippen molar-refractivity contribution in [2.45, 2.75) is 16.7 Å². The Hall–Kier alpha value is -2.17. The predicted molar refractivity (Wildman–Crippen MR) is 104 cm³/mol. The minimum Gasteiger partial charge on any atom is -0.376 e. The van der Waals surface area contributed by atoms with Crippen LogP contribution in [0.5, 0.6) is 0 Å². The first kappa shape index (κ1) is 21.1. The van der Waals surface area contributed by atoms with Crippen molar-refractivity contribution in [1.29, 1.82) is 0 Å². The minimum absolute atomic E-state index is 0.0494. The first-order valence-corrected chi connectivity index (χ1v) is 10.8. The maximum Gasteiger partial charge on any atom is 0.262 e. The summed E-state index contributed by atoms with van der Waals surface area (Å²) in [5.74, 6) is -0.542. The largest absolute Gasteiger partial charge is 0.376 e. The molecule has 2 aromatic rings. The summed E-state index contributed by atoms with van der Waals surface area (Å²) >= 11 is 0. The maximum atomic E-state index is 13.3. The zero-order valence-electron chi connectivity index (χ0n) is 15.7. The number of hydrogen-bond donors (Lipinski definition) is 1. The maximum absolute atomic E-state index is 13.3. The van der Waals surface area contributed by atoms with Crippen LogP contribution in [0.25, 0.3) is 0 Å². The highest BCUT2D eigenvalue weighted by molar-refractivity contribution is 7.92. The fraction of sp³-hybridized carbons (Fsp3) is 0.294. The molecule has 0 saturated carbocycles. The Morgan fingerprint density at radius 3 is 2.07 bits per heavy atom. The first-order chi connectivity index (χ1) is 12.4. The molecule has 0 aliphatic heterocycles. The fourth-order valence-corrected chi connectivity index (χ4v) is 4.69. The highest BCUT2D eigenvalue weighted by Gasteiger charge is 2.23. The van der Waals surface area contributed by atoms with Gasteiger partial charge in [0.25, 0.3) is 10.0 Å². The Balaban J connectivity index is 2.59. The van der Waals surface area contributed by atoms with E-state index in [1.807, 2.05) is 0 Å². The van der Waals surface area contributed by atoms with E-state index in [0.717, 1.165) is 16.4 Å². The first-order valence-electron chi connectivity index (χ1n) is 7.89. The molecule has 0 amide bonds. The van der Waals surface area contributed by atoms with Crippen LogP contribution in [0.15, 0.2) is 46.2 Å². The van der Waals surface area contributed by atoms with Crippen LogP contribution in [0.4, 0.5) is 15.8 Å². The lowest BCUT2D eigenvalue weighted by atomic mass is 10.2. The van der Waals surface area contributed by atoms with E-state index in [1.165, 1.54) is 45.3 Å². The highest BCUT2D eigenvalue weighted by atomic mass is 32.2. The van der Waals surface area contributed by atoms with E-state index in [2.05, 4.69) is 4.72 Å². The van der Waals surface area contributed by atoms with E-state index in [9.17, 15) is 21.2 Å². The second-order valence-corrected chi connectivity index (χ2v) is 10.2. The molecule has 1 N–H and O–H groups in total. The predicted octanol–water partition coefficient (Wildman–Crippen LogP) is 2.25. The van der Waals surface area contributed by atoms with E-state index < -0.39 is 25.9 Å². The molecule has 0 heterocycles. The van der Waals surface area contributed by atoms with Crippen LogP contribution in [0.1, 0.15) is 5.56 Å². The fourth-order valence-electron chi connectivity index (χ4n) is 2.47. The van der Waals surface area contributed by atoms with E-state index in [4.69, 9.17) is 0 Å². The lowest BCUT2D eigenvalue weighted by Crippen LogP contribution is -2.23. The van der Waals surface area contributed by atoms with Crippen LogP contribution in [0.3, 0.4) is 0 Å². The van der Waals surface area contributed by atoms with Crippen LogP contribution in [0.2, 0.25) is 0 Å². The molecule has 2 rings (SSSR count). The van der Waals surface area contributed by atoms with Gasteiger partial charge < -0.3 is 4.90 Å². The van der Waals surface area contributed by atoms with Gasteiger partial charge in [-0.1, -0.05) is 0 Å². The molecule has 0 aliphatic carbocycles. The summed E-state index contributed by atoms with van der Waals surface area (Å²) < 4.78 is 67.1. The smallest absolute Gasteiger partial charge is 0.262 e. The Morgan fingerprint density at radius 1 is 0.926 bits per heavy atom. The molecule has 0 atom stereocenters. The molecule has 0 spiro atoms. The lowest BCUT2D eigenvalue weighted by Gasteiger charge is -2.21. The van der Waals surface area contributed by atoms with Gasteiger partial charge in [0.15, 0.2) is 0 Å². The average molecular weight is 416 g/mol. The molecule has 0 aromatic heterocycles. The van der Waals surface area contributed by atoms with Gasteiger partial charge in [-0.05, 0) is 48.9 Å². The number of aryl methyl sites for hydroxylation is 1. The Kier molecular flexibility index (Phi) is 5.83. The summed E-state index contributed by atoms with van der Waals surface area (Å²) in [6.45, 7) is 1.48.